The zero-order valence-electron chi connectivity index (χ0n) is 14.1. The Hall–Kier alpha value is -2.76. The summed E-state index contributed by atoms with van der Waals surface area (Å²) >= 11 is 0. The van der Waals surface area contributed by atoms with Crippen LogP contribution in [0.2, 0.25) is 0 Å². The van der Waals surface area contributed by atoms with Crippen LogP contribution >= 0.6 is 0 Å². The van der Waals surface area contributed by atoms with Crippen molar-refractivity contribution in [3.8, 4) is 0 Å². The van der Waals surface area contributed by atoms with Gasteiger partial charge in [-0.05, 0) is 0 Å². The van der Waals surface area contributed by atoms with Crippen molar-refractivity contribution in [2.24, 2.45) is 5.29 Å². The maximum atomic E-state index is 11.8. The summed E-state index contributed by atoms with van der Waals surface area (Å²) < 4.78 is 20.5. The number of ether oxygens (including phenoxy) is 4. The van der Waals surface area contributed by atoms with Gasteiger partial charge in [-0.3, -0.25) is 14.4 Å². The summed E-state index contributed by atoms with van der Waals surface area (Å²) in [5, 5.41) is 5.13. The third-order valence-electron chi connectivity index (χ3n) is 3.03. The minimum absolute atomic E-state index is 0.252. The normalized spacial score (nSPS) is 25.3. The molecule has 0 aromatic carbocycles. The van der Waals surface area contributed by atoms with Gasteiger partial charge in [-0.1, -0.05) is 0 Å². The molecule has 1 rings (SSSR count). The van der Waals surface area contributed by atoms with E-state index in [9.17, 15) is 24.1 Å². The number of urea groups is 1. The lowest BCUT2D eigenvalue weighted by Gasteiger charge is -2.40. The fraction of sp³-hybridized carbons (Fsp3) is 0.692. The van der Waals surface area contributed by atoms with Crippen molar-refractivity contribution in [1.29, 1.82) is 0 Å². The van der Waals surface area contributed by atoms with Crippen LogP contribution in [0.15, 0.2) is 5.29 Å². The van der Waals surface area contributed by atoms with Crippen LogP contribution in [-0.4, -0.2) is 67.1 Å². The molecule has 0 aromatic rings. The molecule has 25 heavy (non-hydrogen) atoms. The first kappa shape index (κ1) is 20.3. The lowest BCUT2D eigenvalue weighted by molar-refractivity contribution is -0.228. The number of amides is 2. The average molecular weight is 361 g/mol. The molecule has 1 aliphatic rings. The molecule has 0 radical (unpaired) electrons. The highest BCUT2D eigenvalue weighted by Gasteiger charge is 2.47. The third-order valence-corrected chi connectivity index (χ3v) is 3.03. The molecule has 0 bridgehead atoms. The summed E-state index contributed by atoms with van der Waals surface area (Å²) in [5.74, 6) is -2.15. The molecule has 2 amide bonds. The fourth-order valence-corrected chi connectivity index (χ4v) is 2.12. The molecular weight excluding hydrogens is 342 g/mol. The Labute approximate surface area is 142 Å². The van der Waals surface area contributed by atoms with Gasteiger partial charge in [0.2, 0.25) is 0 Å². The molecule has 12 heteroatoms. The van der Waals surface area contributed by atoms with E-state index < -0.39 is 48.5 Å². The Bertz CT molecular complexity index is 553. The van der Waals surface area contributed by atoms with Gasteiger partial charge in [0.25, 0.3) is 0 Å². The first-order valence-electron chi connectivity index (χ1n) is 7.16. The van der Waals surface area contributed by atoms with E-state index in [2.05, 4.69) is 10.6 Å². The Morgan fingerprint density at radius 3 is 2.00 bits per heavy atom. The first-order valence-corrected chi connectivity index (χ1v) is 7.16. The molecule has 4 atom stereocenters. The molecule has 12 nitrogen and oxygen atoms in total. The number of nitrogens with zero attached hydrogens (tertiary/aromatic N) is 2. The van der Waals surface area contributed by atoms with Crippen LogP contribution in [0.4, 0.5) is 4.79 Å². The number of nitroso groups, excluding NO2 is 1. The van der Waals surface area contributed by atoms with Crippen molar-refractivity contribution in [3.05, 3.63) is 4.91 Å². The number of carbonyl (C=O) groups is 4. The van der Waals surface area contributed by atoms with Crippen molar-refractivity contribution in [3.63, 3.8) is 0 Å². The van der Waals surface area contributed by atoms with Crippen LogP contribution in [0.5, 0.6) is 0 Å². The van der Waals surface area contributed by atoms with Gasteiger partial charge in [0.1, 0.15) is 0 Å². The van der Waals surface area contributed by atoms with Crippen LogP contribution in [0.1, 0.15) is 20.8 Å². The highest BCUT2D eigenvalue weighted by molar-refractivity contribution is 5.74. The molecule has 1 aliphatic heterocycles. The Morgan fingerprint density at radius 2 is 1.52 bits per heavy atom. The van der Waals surface area contributed by atoms with Crippen LogP contribution in [-0.2, 0) is 33.3 Å². The topological polar surface area (TPSA) is 150 Å². The highest BCUT2D eigenvalue weighted by Crippen LogP contribution is 2.23. The van der Waals surface area contributed by atoms with E-state index in [0.717, 1.165) is 27.8 Å². The summed E-state index contributed by atoms with van der Waals surface area (Å²) in [6.45, 7) is 3.10. The molecule has 1 heterocycles. The Kier molecular flexibility index (Phi) is 7.23. The van der Waals surface area contributed by atoms with E-state index in [1.165, 1.54) is 0 Å². The van der Waals surface area contributed by atoms with Gasteiger partial charge in [-0.25, -0.2) is 4.79 Å². The molecule has 1 saturated heterocycles. The average Bonchev–Trinajstić information content (AvgIpc) is 2.50. The Morgan fingerprint density at radius 1 is 1.00 bits per heavy atom. The second kappa shape index (κ2) is 8.92. The third kappa shape index (κ3) is 5.99. The summed E-state index contributed by atoms with van der Waals surface area (Å²) in [7, 11) is 1.09. The van der Waals surface area contributed by atoms with E-state index >= 15 is 0 Å². The van der Waals surface area contributed by atoms with E-state index in [4.69, 9.17) is 18.9 Å². The van der Waals surface area contributed by atoms with Crippen molar-refractivity contribution in [2.45, 2.75) is 45.3 Å². The first-order chi connectivity index (χ1) is 11.6. The SMILES string of the molecule is CC(=O)O[C@@H]1[C@H](OC(C)=O)[C@H](OC(C)=O)CO[C@H]1NC(=O)N(C)N=O. The fourth-order valence-electron chi connectivity index (χ4n) is 2.12. The van der Waals surface area contributed by atoms with Gasteiger partial charge in [0.15, 0.2) is 24.5 Å². The van der Waals surface area contributed by atoms with Crippen LogP contribution in [0, 0.1) is 4.91 Å². The minimum atomic E-state index is -1.32. The second-order valence-electron chi connectivity index (χ2n) is 5.10. The number of hydrogen-bond donors (Lipinski definition) is 1. The summed E-state index contributed by atoms with van der Waals surface area (Å²) in [6, 6.07) is -0.940. The van der Waals surface area contributed by atoms with Crippen LogP contribution in [0.25, 0.3) is 0 Å². The molecule has 0 saturated carbocycles. The molecule has 0 unspecified atom stereocenters. The predicted molar refractivity (Wildman–Crippen MR) is 78.5 cm³/mol. The largest absolute Gasteiger partial charge is 0.456 e. The van der Waals surface area contributed by atoms with Gasteiger partial charge in [-0.15, -0.1) is 4.91 Å². The summed E-state index contributed by atoms with van der Waals surface area (Å²) in [6.07, 6.45) is -4.86. The van der Waals surface area contributed by atoms with Gasteiger partial charge in [0.05, 0.1) is 11.9 Å². The van der Waals surface area contributed by atoms with Gasteiger partial charge >= 0.3 is 23.9 Å². The van der Waals surface area contributed by atoms with E-state index in [0.29, 0.717) is 5.01 Å². The number of hydrogen-bond acceptors (Lipinski definition) is 10. The maximum absolute atomic E-state index is 11.8. The number of carbonyl (C=O) groups excluding carboxylic acids is 4. The van der Waals surface area contributed by atoms with Crippen molar-refractivity contribution < 1.29 is 38.1 Å². The highest BCUT2D eigenvalue weighted by atomic mass is 16.6. The van der Waals surface area contributed by atoms with Crippen molar-refractivity contribution in [1.82, 2.24) is 10.3 Å². The monoisotopic (exact) mass is 361 g/mol. The Balaban J connectivity index is 3.06. The standard InChI is InChI=1S/C13H19N3O9/c1-6(17)23-9-5-22-12(14-13(20)16(4)15-21)11(25-8(3)19)10(9)24-7(2)18/h9-12H,5H2,1-4H3,(H,14,20)/t9-,10-,11-,12-/m1/s1. The van der Waals surface area contributed by atoms with Gasteiger partial charge < -0.3 is 24.3 Å². The summed E-state index contributed by atoms with van der Waals surface area (Å²) in [4.78, 5) is 56.1. The van der Waals surface area contributed by atoms with E-state index in [1.807, 2.05) is 0 Å². The van der Waals surface area contributed by atoms with Gasteiger partial charge in [0, 0.05) is 27.8 Å². The summed E-state index contributed by atoms with van der Waals surface area (Å²) in [5.41, 5.74) is 0. The van der Waals surface area contributed by atoms with Crippen LogP contribution < -0.4 is 5.32 Å². The lowest BCUT2D eigenvalue weighted by Crippen LogP contribution is -2.62. The van der Waals surface area contributed by atoms with Crippen molar-refractivity contribution in [2.75, 3.05) is 13.7 Å². The predicted octanol–water partition coefficient (Wildman–Crippen LogP) is -0.539. The lowest BCUT2D eigenvalue weighted by atomic mass is 10.0. The van der Waals surface area contributed by atoms with E-state index in [1.54, 1.807) is 0 Å². The smallest absolute Gasteiger partial charge is 0.342 e. The second-order valence-corrected chi connectivity index (χ2v) is 5.10. The number of esters is 3. The molecule has 0 aromatic heterocycles. The quantitative estimate of drug-likeness (QED) is 0.295. The van der Waals surface area contributed by atoms with Gasteiger partial charge in [-0.2, -0.15) is 5.01 Å². The molecule has 140 valence electrons. The zero-order chi connectivity index (χ0) is 19.1. The maximum Gasteiger partial charge on any atom is 0.342 e. The minimum Gasteiger partial charge on any atom is -0.456 e. The molecule has 1 fully saturated rings. The zero-order valence-corrected chi connectivity index (χ0v) is 14.1. The van der Waals surface area contributed by atoms with Crippen molar-refractivity contribution >= 4 is 23.9 Å². The number of rotatable bonds is 5. The van der Waals surface area contributed by atoms with E-state index in [-0.39, 0.29) is 6.61 Å². The molecule has 1 N–H and O–H groups in total. The van der Waals surface area contributed by atoms with Crippen LogP contribution in [0.3, 0.4) is 0 Å². The number of nitrogens with one attached hydrogen (secondary N) is 1. The molecular formula is C13H19N3O9. The molecule has 0 aliphatic carbocycles. The molecule has 0 spiro atoms.